The number of aryl methyl sites for hydroxylation is 2. The minimum atomic E-state index is -4.16. The van der Waals surface area contributed by atoms with Crippen molar-refractivity contribution in [2.45, 2.75) is 49.4 Å². The molecule has 0 fully saturated rings. The summed E-state index contributed by atoms with van der Waals surface area (Å²) in [6.07, 6.45) is -4.53. The molecular weight excluding hydrogens is 453 g/mol. The Morgan fingerprint density at radius 1 is 1.14 bits per heavy atom. The Labute approximate surface area is 176 Å². The summed E-state index contributed by atoms with van der Waals surface area (Å²) in [7, 11) is 1.31. The fourth-order valence-corrected chi connectivity index (χ4v) is 4.50. The van der Waals surface area contributed by atoms with E-state index in [0.717, 1.165) is 26.1 Å². The van der Waals surface area contributed by atoms with Gasteiger partial charge in [0.2, 0.25) is 0 Å². The van der Waals surface area contributed by atoms with Crippen LogP contribution >= 0.6 is 27.7 Å². The van der Waals surface area contributed by atoms with Crippen molar-refractivity contribution < 1.29 is 22.7 Å². The maximum Gasteiger partial charge on any atom is 0.389 e. The van der Waals surface area contributed by atoms with Crippen LogP contribution in [0.5, 0.6) is 0 Å². The van der Waals surface area contributed by atoms with Crippen LogP contribution < -0.4 is 0 Å². The number of alkyl halides is 3. The molecule has 2 nitrogen and oxygen atoms in total. The zero-order valence-corrected chi connectivity index (χ0v) is 18.3. The van der Waals surface area contributed by atoms with Crippen LogP contribution in [0.2, 0.25) is 0 Å². The lowest BCUT2D eigenvalue weighted by atomic mass is 10.0. The molecule has 0 spiro atoms. The van der Waals surface area contributed by atoms with Crippen LogP contribution in [0, 0.1) is 13.8 Å². The van der Waals surface area contributed by atoms with Crippen molar-refractivity contribution in [1.29, 1.82) is 0 Å². The van der Waals surface area contributed by atoms with Crippen LogP contribution in [0.3, 0.4) is 0 Å². The van der Waals surface area contributed by atoms with Crippen LogP contribution in [0.15, 0.2) is 45.8 Å². The van der Waals surface area contributed by atoms with E-state index in [1.54, 1.807) is 36.0 Å². The van der Waals surface area contributed by atoms with Crippen molar-refractivity contribution in [3.63, 3.8) is 0 Å². The first-order chi connectivity index (χ1) is 13.1. The topological polar surface area (TPSA) is 26.3 Å². The summed E-state index contributed by atoms with van der Waals surface area (Å²) in [5.41, 5.74) is 3.47. The first-order valence-corrected chi connectivity index (χ1v) is 10.5. The fraction of sp³-hybridized carbons (Fsp3) is 0.381. The molecule has 0 aliphatic heterocycles. The average Bonchev–Trinajstić information content (AvgIpc) is 2.63. The lowest BCUT2D eigenvalue weighted by Crippen LogP contribution is -2.07. The lowest BCUT2D eigenvalue weighted by Gasteiger charge is -2.19. The third kappa shape index (κ3) is 6.55. The zero-order valence-electron chi connectivity index (χ0n) is 15.9. The van der Waals surface area contributed by atoms with Crippen molar-refractivity contribution in [2.24, 2.45) is 0 Å². The number of benzene rings is 2. The highest BCUT2D eigenvalue weighted by Gasteiger charge is 2.27. The molecule has 0 aliphatic carbocycles. The molecule has 2 aromatic carbocycles. The highest BCUT2D eigenvalue weighted by Crippen LogP contribution is 2.41. The van der Waals surface area contributed by atoms with Gasteiger partial charge in [-0.25, -0.2) is 4.79 Å². The molecule has 152 valence electrons. The molecule has 0 bridgehead atoms. The van der Waals surface area contributed by atoms with Crippen molar-refractivity contribution in [3.05, 3.63) is 63.1 Å². The standard InChI is InChI=1S/C21H22BrF3O2S/c1-13-11-17(12-14(2)19(13)22)28-18(5-4-10-21(23,24)25)15-6-8-16(9-7-15)20(26)27-3/h6-9,11-12,18H,4-5,10H2,1-3H3. The third-order valence-corrected chi connectivity index (χ3v) is 6.87. The lowest BCUT2D eigenvalue weighted by molar-refractivity contribution is -0.135. The Morgan fingerprint density at radius 3 is 2.21 bits per heavy atom. The van der Waals surface area contributed by atoms with Gasteiger partial charge in [0.15, 0.2) is 0 Å². The predicted octanol–water partition coefficient (Wildman–Crippen LogP) is 7.42. The maximum atomic E-state index is 12.6. The summed E-state index contributed by atoms with van der Waals surface area (Å²) in [6.45, 7) is 3.98. The van der Waals surface area contributed by atoms with Gasteiger partial charge in [-0.2, -0.15) is 13.2 Å². The molecular formula is C21H22BrF3O2S. The second-order valence-electron chi connectivity index (χ2n) is 6.60. The van der Waals surface area contributed by atoms with Gasteiger partial charge in [0.25, 0.3) is 0 Å². The molecule has 0 aromatic heterocycles. The van der Waals surface area contributed by atoms with Gasteiger partial charge in [-0.3, -0.25) is 0 Å². The van der Waals surface area contributed by atoms with E-state index in [1.807, 2.05) is 26.0 Å². The second-order valence-corrected chi connectivity index (χ2v) is 8.67. The predicted molar refractivity (Wildman–Crippen MR) is 110 cm³/mol. The first-order valence-electron chi connectivity index (χ1n) is 8.79. The molecule has 0 heterocycles. The Balaban J connectivity index is 2.25. The average molecular weight is 475 g/mol. The molecule has 0 radical (unpaired) electrons. The number of rotatable bonds is 7. The number of hydrogen-bond donors (Lipinski definition) is 0. The van der Waals surface area contributed by atoms with Crippen LogP contribution in [0.4, 0.5) is 13.2 Å². The van der Waals surface area contributed by atoms with E-state index in [0.29, 0.717) is 12.0 Å². The van der Waals surface area contributed by atoms with E-state index in [9.17, 15) is 18.0 Å². The summed E-state index contributed by atoms with van der Waals surface area (Å²) < 4.78 is 43.5. The van der Waals surface area contributed by atoms with Gasteiger partial charge in [0.1, 0.15) is 0 Å². The quantitative estimate of drug-likeness (QED) is 0.308. The van der Waals surface area contributed by atoms with E-state index in [2.05, 4.69) is 15.9 Å². The van der Waals surface area contributed by atoms with E-state index in [-0.39, 0.29) is 11.7 Å². The number of carbonyl (C=O) groups is 1. The van der Waals surface area contributed by atoms with Crippen molar-refractivity contribution in [2.75, 3.05) is 7.11 Å². The molecule has 2 aromatic rings. The molecule has 1 atom stereocenters. The van der Waals surface area contributed by atoms with Gasteiger partial charge in [-0.1, -0.05) is 28.1 Å². The Bertz CT molecular complexity index is 796. The van der Waals surface area contributed by atoms with E-state index >= 15 is 0 Å². The molecule has 0 N–H and O–H groups in total. The van der Waals surface area contributed by atoms with Gasteiger partial charge in [0.05, 0.1) is 12.7 Å². The van der Waals surface area contributed by atoms with Gasteiger partial charge in [-0.05, 0) is 67.6 Å². The van der Waals surface area contributed by atoms with Crippen molar-refractivity contribution >= 4 is 33.7 Å². The zero-order chi connectivity index (χ0) is 20.9. The number of halogens is 4. The smallest absolute Gasteiger partial charge is 0.389 e. The van der Waals surface area contributed by atoms with E-state index in [4.69, 9.17) is 4.74 Å². The summed E-state index contributed by atoms with van der Waals surface area (Å²) >= 11 is 5.08. The number of hydrogen-bond acceptors (Lipinski definition) is 3. The van der Waals surface area contributed by atoms with Crippen LogP contribution in [-0.4, -0.2) is 19.3 Å². The number of carbonyl (C=O) groups excluding carboxylic acids is 1. The van der Waals surface area contributed by atoms with Gasteiger partial charge < -0.3 is 4.74 Å². The number of esters is 1. The fourth-order valence-electron chi connectivity index (χ4n) is 2.87. The van der Waals surface area contributed by atoms with Crippen LogP contribution in [0.25, 0.3) is 0 Å². The summed E-state index contributed by atoms with van der Waals surface area (Å²) in [6, 6.07) is 10.9. The van der Waals surface area contributed by atoms with Crippen LogP contribution in [-0.2, 0) is 4.74 Å². The molecule has 1 unspecified atom stereocenters. The van der Waals surface area contributed by atoms with Crippen molar-refractivity contribution in [1.82, 2.24) is 0 Å². The number of methoxy groups -OCH3 is 1. The molecule has 0 saturated heterocycles. The van der Waals surface area contributed by atoms with Gasteiger partial charge in [0, 0.05) is 21.0 Å². The molecule has 7 heteroatoms. The minimum absolute atomic E-state index is 0.0500. The second kappa shape index (κ2) is 9.83. The third-order valence-electron chi connectivity index (χ3n) is 4.32. The highest BCUT2D eigenvalue weighted by molar-refractivity contribution is 9.10. The number of thioether (sulfide) groups is 1. The summed E-state index contributed by atoms with van der Waals surface area (Å²) in [5.74, 6) is -0.438. The van der Waals surface area contributed by atoms with Crippen LogP contribution in [0.1, 0.15) is 51.6 Å². The Morgan fingerprint density at radius 2 is 1.71 bits per heavy atom. The van der Waals surface area contributed by atoms with E-state index < -0.39 is 18.6 Å². The molecule has 2 rings (SSSR count). The van der Waals surface area contributed by atoms with Crippen molar-refractivity contribution in [3.8, 4) is 0 Å². The molecule has 0 amide bonds. The SMILES string of the molecule is COC(=O)c1ccc(C(CCCC(F)(F)F)Sc2cc(C)c(Br)c(C)c2)cc1. The molecule has 28 heavy (non-hydrogen) atoms. The van der Waals surface area contributed by atoms with E-state index in [1.165, 1.54) is 7.11 Å². The first kappa shape index (κ1) is 22.8. The van der Waals surface area contributed by atoms with Gasteiger partial charge >= 0.3 is 12.1 Å². The highest BCUT2D eigenvalue weighted by atomic mass is 79.9. The maximum absolute atomic E-state index is 12.6. The normalized spacial score (nSPS) is 12.7. The summed E-state index contributed by atoms with van der Waals surface area (Å²) in [4.78, 5) is 12.6. The largest absolute Gasteiger partial charge is 0.465 e. The monoisotopic (exact) mass is 474 g/mol. The Hall–Kier alpha value is -1.47. The number of ether oxygens (including phenoxy) is 1. The Kier molecular flexibility index (Phi) is 8.01. The molecule has 0 saturated carbocycles. The van der Waals surface area contributed by atoms with Gasteiger partial charge in [-0.15, -0.1) is 11.8 Å². The summed E-state index contributed by atoms with van der Waals surface area (Å²) in [5, 5.41) is -0.144. The minimum Gasteiger partial charge on any atom is -0.465 e. The molecule has 0 aliphatic rings.